The van der Waals surface area contributed by atoms with Gasteiger partial charge in [-0.2, -0.15) is 0 Å². The lowest BCUT2D eigenvalue weighted by Crippen LogP contribution is -2.43. The van der Waals surface area contributed by atoms with E-state index >= 15 is 0 Å². The fourth-order valence-corrected chi connectivity index (χ4v) is 4.50. The third-order valence-corrected chi connectivity index (χ3v) is 6.03. The van der Waals surface area contributed by atoms with Crippen molar-refractivity contribution in [3.8, 4) is 11.5 Å². The highest BCUT2D eigenvalue weighted by atomic mass is 16.7. The van der Waals surface area contributed by atoms with Gasteiger partial charge in [-0.15, -0.1) is 0 Å². The molecular weight excluding hydrogens is 368 g/mol. The topological polar surface area (TPSA) is 60.0 Å². The first kappa shape index (κ1) is 18.5. The van der Waals surface area contributed by atoms with E-state index in [1.165, 1.54) is 5.56 Å². The normalized spacial score (nSPS) is 25.6. The molecule has 2 fully saturated rings. The summed E-state index contributed by atoms with van der Waals surface area (Å²) in [4.78, 5) is 14.9. The van der Waals surface area contributed by atoms with E-state index in [0.717, 1.165) is 43.2 Å². The number of fused-ring (bicyclic) bond motifs is 2. The molecule has 0 bridgehead atoms. The van der Waals surface area contributed by atoms with E-state index in [4.69, 9.17) is 14.2 Å². The molecule has 5 rings (SSSR count). The van der Waals surface area contributed by atoms with Crippen molar-refractivity contribution in [2.24, 2.45) is 0 Å². The molecule has 2 aromatic rings. The number of nitrogens with zero attached hydrogens (tertiary/aromatic N) is 1. The SMILES string of the molecule is O=C(CCc1ccc2c(c1)OCO2)N[C@@H]1C[C@H]2CO[C@@H](c3ccccc3)CN2C1. The van der Waals surface area contributed by atoms with Crippen molar-refractivity contribution < 1.29 is 19.0 Å². The van der Waals surface area contributed by atoms with E-state index in [-0.39, 0.29) is 24.8 Å². The molecule has 152 valence electrons. The lowest BCUT2D eigenvalue weighted by molar-refractivity contribution is -0.121. The van der Waals surface area contributed by atoms with Gasteiger partial charge in [0.2, 0.25) is 12.7 Å². The van der Waals surface area contributed by atoms with Crippen LogP contribution in [0, 0.1) is 0 Å². The van der Waals surface area contributed by atoms with E-state index in [1.807, 2.05) is 24.3 Å². The zero-order valence-electron chi connectivity index (χ0n) is 16.4. The van der Waals surface area contributed by atoms with Gasteiger partial charge in [0.15, 0.2) is 11.5 Å². The highest BCUT2D eigenvalue weighted by Gasteiger charge is 2.38. The second-order valence-electron chi connectivity index (χ2n) is 8.03. The Morgan fingerprint density at radius 3 is 2.83 bits per heavy atom. The van der Waals surface area contributed by atoms with Crippen molar-refractivity contribution in [1.82, 2.24) is 10.2 Å². The van der Waals surface area contributed by atoms with Crippen LogP contribution in [0.3, 0.4) is 0 Å². The zero-order chi connectivity index (χ0) is 19.6. The third kappa shape index (κ3) is 4.09. The first-order valence-electron chi connectivity index (χ1n) is 10.3. The predicted octanol–water partition coefficient (Wildman–Crippen LogP) is 2.68. The molecule has 0 aromatic heterocycles. The van der Waals surface area contributed by atoms with Crippen LogP contribution in [0.4, 0.5) is 0 Å². The summed E-state index contributed by atoms with van der Waals surface area (Å²) in [6.45, 7) is 2.78. The fourth-order valence-electron chi connectivity index (χ4n) is 4.50. The summed E-state index contributed by atoms with van der Waals surface area (Å²) in [6, 6.07) is 16.8. The monoisotopic (exact) mass is 394 g/mol. The molecule has 0 aliphatic carbocycles. The van der Waals surface area contributed by atoms with Crippen LogP contribution in [0.15, 0.2) is 48.5 Å². The number of hydrogen-bond donors (Lipinski definition) is 1. The van der Waals surface area contributed by atoms with Crippen LogP contribution in [-0.2, 0) is 16.0 Å². The van der Waals surface area contributed by atoms with Gasteiger partial charge in [0.1, 0.15) is 0 Å². The average molecular weight is 394 g/mol. The predicted molar refractivity (Wildman–Crippen MR) is 108 cm³/mol. The maximum atomic E-state index is 12.5. The molecular formula is C23H26N2O4. The van der Waals surface area contributed by atoms with Crippen LogP contribution >= 0.6 is 0 Å². The Balaban J connectivity index is 1.11. The Morgan fingerprint density at radius 1 is 1.07 bits per heavy atom. The Bertz CT molecular complexity index is 872. The van der Waals surface area contributed by atoms with E-state index in [1.54, 1.807) is 0 Å². The minimum Gasteiger partial charge on any atom is -0.454 e. The van der Waals surface area contributed by atoms with Crippen molar-refractivity contribution >= 4 is 5.91 Å². The molecule has 1 amide bonds. The van der Waals surface area contributed by atoms with Crippen LogP contribution in [0.1, 0.15) is 30.1 Å². The molecule has 3 atom stereocenters. The van der Waals surface area contributed by atoms with Crippen molar-refractivity contribution in [3.63, 3.8) is 0 Å². The van der Waals surface area contributed by atoms with E-state index in [0.29, 0.717) is 18.9 Å². The fraction of sp³-hybridized carbons (Fsp3) is 0.435. The van der Waals surface area contributed by atoms with Gasteiger partial charge in [0, 0.05) is 31.6 Å². The van der Waals surface area contributed by atoms with Gasteiger partial charge < -0.3 is 19.5 Å². The summed E-state index contributed by atoms with van der Waals surface area (Å²) in [6.07, 6.45) is 2.25. The number of carbonyl (C=O) groups is 1. The minimum atomic E-state index is 0.105. The van der Waals surface area contributed by atoms with Crippen LogP contribution in [0.25, 0.3) is 0 Å². The molecule has 0 radical (unpaired) electrons. The molecule has 6 nitrogen and oxygen atoms in total. The number of hydrogen-bond acceptors (Lipinski definition) is 5. The van der Waals surface area contributed by atoms with Crippen LogP contribution in [0.5, 0.6) is 11.5 Å². The van der Waals surface area contributed by atoms with Gasteiger partial charge in [-0.3, -0.25) is 9.69 Å². The number of benzene rings is 2. The van der Waals surface area contributed by atoms with Crippen molar-refractivity contribution in [2.45, 2.75) is 37.5 Å². The summed E-state index contributed by atoms with van der Waals surface area (Å²) < 4.78 is 16.8. The molecule has 3 heterocycles. The zero-order valence-corrected chi connectivity index (χ0v) is 16.4. The quantitative estimate of drug-likeness (QED) is 0.845. The number of aryl methyl sites for hydroxylation is 1. The second kappa shape index (κ2) is 8.05. The standard InChI is InChI=1S/C23H26N2O4/c26-23(9-7-16-6-8-20-21(10-16)29-15-28-20)24-18-11-19-14-27-22(13-25(19)12-18)17-4-2-1-3-5-17/h1-6,8,10,18-19,22H,7,9,11-15H2,(H,24,26)/t18-,19+,22-/m1/s1. The summed E-state index contributed by atoms with van der Waals surface area (Å²) in [5.41, 5.74) is 2.31. The molecule has 0 saturated carbocycles. The Hall–Kier alpha value is -2.57. The number of carbonyl (C=O) groups excluding carboxylic acids is 1. The maximum absolute atomic E-state index is 12.5. The van der Waals surface area contributed by atoms with Gasteiger partial charge in [-0.05, 0) is 36.1 Å². The van der Waals surface area contributed by atoms with Gasteiger partial charge in [-0.1, -0.05) is 36.4 Å². The van der Waals surface area contributed by atoms with Gasteiger partial charge >= 0.3 is 0 Å². The lowest BCUT2D eigenvalue weighted by Gasteiger charge is -2.35. The minimum absolute atomic E-state index is 0.105. The maximum Gasteiger partial charge on any atom is 0.231 e. The first-order valence-corrected chi connectivity index (χ1v) is 10.3. The molecule has 0 unspecified atom stereocenters. The van der Waals surface area contributed by atoms with E-state index in [2.05, 4.69) is 34.5 Å². The number of rotatable bonds is 5. The second-order valence-corrected chi connectivity index (χ2v) is 8.03. The summed E-state index contributed by atoms with van der Waals surface area (Å²) in [5.74, 6) is 1.65. The lowest BCUT2D eigenvalue weighted by atomic mass is 10.1. The number of ether oxygens (including phenoxy) is 3. The van der Waals surface area contributed by atoms with Crippen molar-refractivity contribution in [1.29, 1.82) is 0 Å². The number of nitrogens with one attached hydrogen (secondary N) is 1. The van der Waals surface area contributed by atoms with Gasteiger partial charge in [-0.25, -0.2) is 0 Å². The highest BCUT2D eigenvalue weighted by Crippen LogP contribution is 2.33. The molecule has 3 aliphatic heterocycles. The summed E-state index contributed by atoms with van der Waals surface area (Å²) >= 11 is 0. The van der Waals surface area contributed by atoms with Crippen molar-refractivity contribution in [2.75, 3.05) is 26.5 Å². The van der Waals surface area contributed by atoms with Gasteiger partial charge in [0.05, 0.1) is 12.7 Å². The molecule has 2 aromatic carbocycles. The first-order chi connectivity index (χ1) is 14.2. The molecule has 3 aliphatic rings. The van der Waals surface area contributed by atoms with Crippen molar-refractivity contribution in [3.05, 3.63) is 59.7 Å². The van der Waals surface area contributed by atoms with E-state index in [9.17, 15) is 4.79 Å². The summed E-state index contributed by atoms with van der Waals surface area (Å²) in [5, 5.41) is 3.22. The number of amides is 1. The Morgan fingerprint density at radius 2 is 1.93 bits per heavy atom. The average Bonchev–Trinajstić information content (AvgIpc) is 3.38. The molecule has 29 heavy (non-hydrogen) atoms. The molecule has 1 N–H and O–H groups in total. The van der Waals surface area contributed by atoms with Crippen LogP contribution < -0.4 is 14.8 Å². The van der Waals surface area contributed by atoms with E-state index < -0.39 is 0 Å². The number of morpholine rings is 1. The smallest absolute Gasteiger partial charge is 0.231 e. The summed E-state index contributed by atoms with van der Waals surface area (Å²) in [7, 11) is 0. The highest BCUT2D eigenvalue weighted by molar-refractivity contribution is 5.76. The molecule has 6 heteroatoms. The Labute approximate surface area is 170 Å². The van der Waals surface area contributed by atoms with Crippen LogP contribution in [-0.4, -0.2) is 49.4 Å². The van der Waals surface area contributed by atoms with Crippen LogP contribution in [0.2, 0.25) is 0 Å². The molecule has 0 spiro atoms. The largest absolute Gasteiger partial charge is 0.454 e. The molecule has 2 saturated heterocycles. The third-order valence-electron chi connectivity index (χ3n) is 6.03. The van der Waals surface area contributed by atoms with Gasteiger partial charge in [0.25, 0.3) is 0 Å². The Kier molecular flexibility index (Phi) is 5.12.